The molecule has 0 bridgehead atoms. The van der Waals surface area contributed by atoms with Crippen molar-refractivity contribution in [3.8, 4) is 0 Å². The lowest BCUT2D eigenvalue weighted by Gasteiger charge is -2.04. The van der Waals surface area contributed by atoms with Crippen LogP contribution >= 0.6 is 0 Å². The average Bonchev–Trinajstić information content (AvgIpc) is 2.28. The van der Waals surface area contributed by atoms with Gasteiger partial charge in [-0.2, -0.15) is 18.6 Å². The molecule has 0 aliphatic rings. The average molecular weight is 308 g/mol. The van der Waals surface area contributed by atoms with Crippen molar-refractivity contribution in [1.29, 1.82) is 0 Å². The lowest BCUT2D eigenvalue weighted by atomic mass is 10.3. The van der Waals surface area contributed by atoms with Crippen molar-refractivity contribution in [2.75, 3.05) is 19.4 Å². The zero-order valence-corrected chi connectivity index (χ0v) is 11.6. The van der Waals surface area contributed by atoms with Gasteiger partial charge in [-0.15, -0.1) is 0 Å². The highest BCUT2D eigenvalue weighted by molar-refractivity contribution is 7.91. The highest BCUT2D eigenvalue weighted by Crippen LogP contribution is 2.19. The van der Waals surface area contributed by atoms with Crippen LogP contribution in [0.1, 0.15) is 0 Å². The Labute approximate surface area is 111 Å². The van der Waals surface area contributed by atoms with Crippen molar-refractivity contribution in [3.05, 3.63) is 24.3 Å². The summed E-state index contributed by atoms with van der Waals surface area (Å²) in [5.41, 5.74) is 0.360. The third-order valence-corrected chi connectivity index (χ3v) is 4.12. The fraction of sp³-hybridized carbons (Fsp3) is 0.333. The SMILES string of the molecule is C/N=N/c1cccc(S(=O)(=O)CCOS(=O)(=O)O)c1. The van der Waals surface area contributed by atoms with Crippen LogP contribution < -0.4 is 0 Å². The van der Waals surface area contributed by atoms with Gasteiger partial charge in [0.05, 0.1) is 22.9 Å². The van der Waals surface area contributed by atoms with Crippen molar-refractivity contribution >= 4 is 25.9 Å². The van der Waals surface area contributed by atoms with E-state index in [0.29, 0.717) is 5.69 Å². The van der Waals surface area contributed by atoms with Crippen LogP contribution in [0.5, 0.6) is 0 Å². The fourth-order valence-electron chi connectivity index (χ4n) is 1.22. The van der Waals surface area contributed by atoms with Crippen molar-refractivity contribution in [3.63, 3.8) is 0 Å². The quantitative estimate of drug-likeness (QED) is 0.617. The second-order valence-electron chi connectivity index (χ2n) is 3.37. The summed E-state index contributed by atoms with van der Waals surface area (Å²) in [5, 5.41) is 7.21. The largest absolute Gasteiger partial charge is 0.397 e. The third-order valence-electron chi connectivity index (χ3n) is 1.98. The molecule has 0 aliphatic heterocycles. The first-order valence-electron chi connectivity index (χ1n) is 4.99. The standard InChI is InChI=1S/C9H12N2O6S2/c1-10-11-8-3-2-4-9(7-8)18(12,13)6-5-17-19(14,15)16/h2-4,7H,5-6H2,1H3,(H,14,15,16)/b11-10+. The Hall–Kier alpha value is -1.36. The van der Waals surface area contributed by atoms with Gasteiger partial charge in [0.25, 0.3) is 0 Å². The highest BCUT2D eigenvalue weighted by atomic mass is 32.3. The molecule has 0 saturated carbocycles. The van der Waals surface area contributed by atoms with Crippen LogP contribution in [0, 0.1) is 0 Å². The predicted octanol–water partition coefficient (Wildman–Crippen LogP) is 0.993. The monoisotopic (exact) mass is 308 g/mol. The summed E-state index contributed by atoms with van der Waals surface area (Å²) in [6, 6.07) is 5.70. The summed E-state index contributed by atoms with van der Waals surface area (Å²) in [6.07, 6.45) is 0. The highest BCUT2D eigenvalue weighted by Gasteiger charge is 2.16. The van der Waals surface area contributed by atoms with Gasteiger partial charge in [0.2, 0.25) is 0 Å². The summed E-state index contributed by atoms with van der Waals surface area (Å²) in [4.78, 5) is -0.0312. The molecule has 1 N–H and O–H groups in total. The van der Waals surface area contributed by atoms with Gasteiger partial charge < -0.3 is 0 Å². The van der Waals surface area contributed by atoms with E-state index >= 15 is 0 Å². The number of hydrogen-bond donors (Lipinski definition) is 1. The molecular weight excluding hydrogens is 296 g/mol. The van der Waals surface area contributed by atoms with E-state index in [9.17, 15) is 16.8 Å². The molecule has 0 fully saturated rings. The summed E-state index contributed by atoms with van der Waals surface area (Å²) < 4.78 is 56.6. The van der Waals surface area contributed by atoms with Crippen LogP contribution in [-0.4, -0.2) is 40.8 Å². The minimum atomic E-state index is -4.64. The minimum Gasteiger partial charge on any atom is -0.264 e. The molecule has 10 heteroatoms. The van der Waals surface area contributed by atoms with E-state index in [1.54, 1.807) is 6.07 Å². The molecule has 0 radical (unpaired) electrons. The number of nitrogens with zero attached hydrogens (tertiary/aromatic N) is 2. The first-order valence-corrected chi connectivity index (χ1v) is 8.01. The Balaban J connectivity index is 2.85. The van der Waals surface area contributed by atoms with Gasteiger partial charge in [-0.1, -0.05) is 6.07 Å². The number of hydrogen-bond acceptors (Lipinski definition) is 7. The summed E-state index contributed by atoms with van der Waals surface area (Å²) >= 11 is 0. The molecule has 106 valence electrons. The molecule has 0 unspecified atom stereocenters. The van der Waals surface area contributed by atoms with Crippen LogP contribution in [0.2, 0.25) is 0 Å². The third kappa shape index (κ3) is 5.42. The van der Waals surface area contributed by atoms with Crippen molar-refractivity contribution < 1.29 is 25.6 Å². The molecule has 0 saturated heterocycles. The molecular formula is C9H12N2O6S2. The smallest absolute Gasteiger partial charge is 0.264 e. The van der Waals surface area contributed by atoms with Gasteiger partial charge in [0.15, 0.2) is 9.84 Å². The van der Waals surface area contributed by atoms with E-state index in [1.807, 2.05) is 0 Å². The Morgan fingerprint density at radius 2 is 1.95 bits per heavy atom. The Morgan fingerprint density at radius 1 is 1.26 bits per heavy atom. The number of rotatable bonds is 6. The molecule has 1 rings (SSSR count). The van der Waals surface area contributed by atoms with E-state index in [4.69, 9.17) is 4.55 Å². The van der Waals surface area contributed by atoms with E-state index < -0.39 is 32.6 Å². The van der Waals surface area contributed by atoms with Gasteiger partial charge >= 0.3 is 10.4 Å². The van der Waals surface area contributed by atoms with E-state index in [2.05, 4.69) is 14.4 Å². The van der Waals surface area contributed by atoms with Crippen LogP contribution in [0.4, 0.5) is 5.69 Å². The molecule has 8 nitrogen and oxygen atoms in total. The molecule has 1 aromatic rings. The van der Waals surface area contributed by atoms with E-state index in [1.165, 1.54) is 25.2 Å². The van der Waals surface area contributed by atoms with Crippen LogP contribution in [0.3, 0.4) is 0 Å². The van der Waals surface area contributed by atoms with Gasteiger partial charge in [0, 0.05) is 7.05 Å². The molecule has 0 aromatic heterocycles. The van der Waals surface area contributed by atoms with Gasteiger partial charge in [-0.25, -0.2) is 12.6 Å². The molecule has 0 atom stereocenters. The minimum absolute atomic E-state index is 0.0312. The predicted molar refractivity (Wildman–Crippen MR) is 66.4 cm³/mol. The maximum absolute atomic E-state index is 11.8. The van der Waals surface area contributed by atoms with Gasteiger partial charge in [-0.05, 0) is 18.2 Å². The van der Waals surface area contributed by atoms with Gasteiger partial charge in [-0.3, -0.25) is 4.55 Å². The van der Waals surface area contributed by atoms with E-state index in [-0.39, 0.29) is 4.90 Å². The Kier molecular flexibility index (Phi) is 5.11. The lowest BCUT2D eigenvalue weighted by Crippen LogP contribution is -2.15. The second kappa shape index (κ2) is 6.19. The van der Waals surface area contributed by atoms with Crippen molar-refractivity contribution in [2.45, 2.75) is 4.90 Å². The number of benzene rings is 1. The molecule has 0 aliphatic carbocycles. The van der Waals surface area contributed by atoms with Gasteiger partial charge in [0.1, 0.15) is 0 Å². The summed E-state index contributed by atoms with van der Waals surface area (Å²) in [5.74, 6) is -0.584. The molecule has 1 aromatic carbocycles. The first kappa shape index (κ1) is 15.7. The lowest BCUT2D eigenvalue weighted by molar-refractivity contribution is 0.284. The maximum Gasteiger partial charge on any atom is 0.397 e. The van der Waals surface area contributed by atoms with Crippen LogP contribution in [0.25, 0.3) is 0 Å². The molecule has 0 amide bonds. The zero-order chi connectivity index (χ0) is 14.5. The Morgan fingerprint density at radius 3 is 2.53 bits per heavy atom. The second-order valence-corrected chi connectivity index (χ2v) is 6.57. The Bertz CT molecular complexity index is 666. The zero-order valence-electron chi connectivity index (χ0n) is 9.92. The van der Waals surface area contributed by atoms with E-state index in [0.717, 1.165) is 0 Å². The molecule has 0 spiro atoms. The summed E-state index contributed by atoms with van der Waals surface area (Å²) in [7, 11) is -6.92. The fourth-order valence-corrected chi connectivity index (χ4v) is 2.75. The first-order chi connectivity index (χ1) is 8.74. The summed E-state index contributed by atoms with van der Waals surface area (Å²) in [6.45, 7) is -0.666. The number of azo groups is 1. The normalized spacial score (nSPS) is 12.9. The van der Waals surface area contributed by atoms with Crippen LogP contribution in [-0.2, 0) is 24.4 Å². The molecule has 0 heterocycles. The topological polar surface area (TPSA) is 122 Å². The van der Waals surface area contributed by atoms with Crippen molar-refractivity contribution in [1.82, 2.24) is 0 Å². The maximum atomic E-state index is 11.8. The number of sulfone groups is 1. The van der Waals surface area contributed by atoms with Crippen molar-refractivity contribution in [2.24, 2.45) is 10.2 Å². The van der Waals surface area contributed by atoms with Crippen LogP contribution in [0.15, 0.2) is 39.4 Å². The molecule has 19 heavy (non-hydrogen) atoms.